The third-order valence-corrected chi connectivity index (χ3v) is 4.96. The SMILES string of the molecule is CC(C)C(N)C(CO)SCC1CCCC1. The van der Waals surface area contributed by atoms with E-state index >= 15 is 0 Å². The summed E-state index contributed by atoms with van der Waals surface area (Å²) >= 11 is 1.88. The van der Waals surface area contributed by atoms with Gasteiger partial charge in [-0.05, 0) is 30.4 Å². The summed E-state index contributed by atoms with van der Waals surface area (Å²) < 4.78 is 0. The summed E-state index contributed by atoms with van der Waals surface area (Å²) in [5.41, 5.74) is 6.08. The molecule has 1 aliphatic rings. The van der Waals surface area contributed by atoms with Crippen molar-refractivity contribution < 1.29 is 5.11 Å². The zero-order valence-corrected chi connectivity index (χ0v) is 10.8. The molecule has 2 atom stereocenters. The molecule has 1 saturated carbocycles. The van der Waals surface area contributed by atoms with E-state index in [0.717, 1.165) is 5.92 Å². The van der Waals surface area contributed by atoms with Gasteiger partial charge in [0, 0.05) is 11.3 Å². The van der Waals surface area contributed by atoms with Gasteiger partial charge in [-0.15, -0.1) is 0 Å². The first kappa shape index (κ1) is 13.3. The first-order valence-electron chi connectivity index (χ1n) is 6.13. The van der Waals surface area contributed by atoms with E-state index in [-0.39, 0.29) is 17.9 Å². The minimum atomic E-state index is 0.126. The van der Waals surface area contributed by atoms with Crippen LogP contribution in [0.5, 0.6) is 0 Å². The minimum absolute atomic E-state index is 0.126. The molecule has 0 aromatic carbocycles. The van der Waals surface area contributed by atoms with Crippen LogP contribution in [0.3, 0.4) is 0 Å². The third-order valence-electron chi connectivity index (χ3n) is 3.40. The van der Waals surface area contributed by atoms with Crippen LogP contribution >= 0.6 is 11.8 Å². The standard InChI is InChI=1S/C12H25NOS/c1-9(2)12(13)11(7-14)15-8-10-5-3-4-6-10/h9-12,14H,3-8,13H2,1-2H3. The van der Waals surface area contributed by atoms with Crippen LogP contribution in [-0.2, 0) is 0 Å². The molecule has 0 saturated heterocycles. The van der Waals surface area contributed by atoms with E-state index in [0.29, 0.717) is 5.92 Å². The van der Waals surface area contributed by atoms with E-state index in [1.807, 2.05) is 11.8 Å². The van der Waals surface area contributed by atoms with Crippen LogP contribution in [0.4, 0.5) is 0 Å². The average molecular weight is 231 g/mol. The molecule has 3 N–H and O–H groups in total. The smallest absolute Gasteiger partial charge is 0.0565 e. The summed E-state index contributed by atoms with van der Waals surface area (Å²) in [7, 11) is 0. The topological polar surface area (TPSA) is 46.2 Å². The predicted molar refractivity (Wildman–Crippen MR) is 68.1 cm³/mol. The summed E-state index contributed by atoms with van der Waals surface area (Å²) in [4.78, 5) is 0. The van der Waals surface area contributed by atoms with Crippen molar-refractivity contribution in [2.75, 3.05) is 12.4 Å². The number of rotatable bonds is 6. The molecular weight excluding hydrogens is 206 g/mol. The molecule has 1 aliphatic carbocycles. The van der Waals surface area contributed by atoms with Gasteiger partial charge in [-0.3, -0.25) is 0 Å². The van der Waals surface area contributed by atoms with Gasteiger partial charge < -0.3 is 10.8 Å². The predicted octanol–water partition coefficient (Wildman–Crippen LogP) is 2.25. The molecule has 3 heteroatoms. The summed E-state index contributed by atoms with van der Waals surface area (Å²) in [5, 5.41) is 9.55. The number of hydrogen-bond donors (Lipinski definition) is 2. The van der Waals surface area contributed by atoms with Crippen molar-refractivity contribution in [1.82, 2.24) is 0 Å². The van der Waals surface area contributed by atoms with Crippen molar-refractivity contribution in [3.05, 3.63) is 0 Å². The molecule has 0 aromatic heterocycles. The Morgan fingerprint density at radius 3 is 2.40 bits per heavy atom. The van der Waals surface area contributed by atoms with Crippen molar-refractivity contribution in [3.63, 3.8) is 0 Å². The Kier molecular flexibility index (Phi) is 6.02. The maximum atomic E-state index is 9.32. The maximum absolute atomic E-state index is 9.32. The van der Waals surface area contributed by atoms with Gasteiger partial charge in [0.25, 0.3) is 0 Å². The van der Waals surface area contributed by atoms with Gasteiger partial charge >= 0.3 is 0 Å². The van der Waals surface area contributed by atoms with E-state index in [9.17, 15) is 5.11 Å². The second kappa shape index (κ2) is 6.77. The molecule has 2 unspecified atom stereocenters. The molecule has 0 aliphatic heterocycles. The van der Waals surface area contributed by atoms with Crippen LogP contribution in [-0.4, -0.2) is 28.8 Å². The van der Waals surface area contributed by atoms with Crippen LogP contribution in [0, 0.1) is 11.8 Å². The average Bonchev–Trinajstić information content (AvgIpc) is 2.71. The summed E-state index contributed by atoms with van der Waals surface area (Å²) in [6, 6.07) is 0.126. The number of nitrogens with two attached hydrogens (primary N) is 1. The fourth-order valence-corrected chi connectivity index (χ4v) is 3.65. The van der Waals surface area contributed by atoms with E-state index in [2.05, 4.69) is 13.8 Å². The molecule has 15 heavy (non-hydrogen) atoms. The summed E-state index contributed by atoms with van der Waals surface area (Å²) in [5.74, 6) is 2.52. The Labute approximate surface area is 98.0 Å². The number of hydrogen-bond acceptors (Lipinski definition) is 3. The first-order chi connectivity index (χ1) is 7.15. The van der Waals surface area contributed by atoms with Gasteiger partial charge in [0.05, 0.1) is 6.61 Å². The second-order valence-corrected chi connectivity index (χ2v) is 6.30. The Morgan fingerprint density at radius 1 is 1.33 bits per heavy atom. The molecule has 0 spiro atoms. The fourth-order valence-electron chi connectivity index (χ4n) is 2.15. The highest BCUT2D eigenvalue weighted by Gasteiger charge is 2.23. The van der Waals surface area contributed by atoms with Gasteiger partial charge in [0.1, 0.15) is 0 Å². The fraction of sp³-hybridized carbons (Fsp3) is 1.00. The lowest BCUT2D eigenvalue weighted by Gasteiger charge is -2.25. The van der Waals surface area contributed by atoms with E-state index in [1.54, 1.807) is 0 Å². The van der Waals surface area contributed by atoms with Crippen molar-refractivity contribution >= 4 is 11.8 Å². The lowest BCUT2D eigenvalue weighted by Crippen LogP contribution is -2.39. The lowest BCUT2D eigenvalue weighted by atomic mass is 10.0. The van der Waals surface area contributed by atoms with E-state index in [1.165, 1.54) is 31.4 Å². The monoisotopic (exact) mass is 231 g/mol. The van der Waals surface area contributed by atoms with Crippen LogP contribution in [0.2, 0.25) is 0 Å². The van der Waals surface area contributed by atoms with Crippen LogP contribution in [0.15, 0.2) is 0 Å². The van der Waals surface area contributed by atoms with Gasteiger partial charge in [-0.25, -0.2) is 0 Å². The van der Waals surface area contributed by atoms with E-state index in [4.69, 9.17) is 5.73 Å². The summed E-state index contributed by atoms with van der Waals surface area (Å²) in [6.45, 7) is 4.48. The number of thioether (sulfide) groups is 1. The molecule has 90 valence electrons. The van der Waals surface area contributed by atoms with Gasteiger partial charge in [-0.1, -0.05) is 26.7 Å². The molecule has 0 amide bonds. The number of aliphatic hydroxyl groups excluding tert-OH is 1. The molecule has 0 radical (unpaired) electrons. The molecule has 0 heterocycles. The first-order valence-corrected chi connectivity index (χ1v) is 7.18. The molecule has 0 bridgehead atoms. The zero-order chi connectivity index (χ0) is 11.3. The Morgan fingerprint density at radius 2 is 1.93 bits per heavy atom. The second-order valence-electron chi connectivity index (χ2n) is 5.03. The largest absolute Gasteiger partial charge is 0.395 e. The van der Waals surface area contributed by atoms with Crippen molar-refractivity contribution in [3.8, 4) is 0 Å². The molecule has 1 fully saturated rings. The Hall–Kier alpha value is 0.270. The van der Waals surface area contributed by atoms with Gasteiger partial charge in [0.2, 0.25) is 0 Å². The van der Waals surface area contributed by atoms with E-state index < -0.39 is 0 Å². The maximum Gasteiger partial charge on any atom is 0.0565 e. The molecular formula is C12H25NOS. The van der Waals surface area contributed by atoms with Crippen molar-refractivity contribution in [1.29, 1.82) is 0 Å². The normalized spacial score (nSPS) is 22.2. The third kappa shape index (κ3) is 4.33. The zero-order valence-electron chi connectivity index (χ0n) is 9.98. The summed E-state index contributed by atoms with van der Waals surface area (Å²) in [6.07, 6.45) is 5.54. The highest BCUT2D eigenvalue weighted by molar-refractivity contribution is 8.00. The van der Waals surface area contributed by atoms with Gasteiger partial charge in [0.15, 0.2) is 0 Å². The molecule has 0 aromatic rings. The minimum Gasteiger partial charge on any atom is -0.395 e. The Bertz CT molecular complexity index is 169. The van der Waals surface area contributed by atoms with Crippen LogP contribution in [0.25, 0.3) is 0 Å². The molecule has 2 nitrogen and oxygen atoms in total. The highest BCUT2D eigenvalue weighted by Crippen LogP contribution is 2.30. The van der Waals surface area contributed by atoms with Gasteiger partial charge in [-0.2, -0.15) is 11.8 Å². The number of aliphatic hydroxyl groups is 1. The van der Waals surface area contributed by atoms with Crippen LogP contribution in [0.1, 0.15) is 39.5 Å². The highest BCUT2D eigenvalue weighted by atomic mass is 32.2. The van der Waals surface area contributed by atoms with Crippen molar-refractivity contribution in [2.24, 2.45) is 17.6 Å². The van der Waals surface area contributed by atoms with Crippen molar-refractivity contribution in [2.45, 2.75) is 50.8 Å². The van der Waals surface area contributed by atoms with Crippen LogP contribution < -0.4 is 5.73 Å². The lowest BCUT2D eigenvalue weighted by molar-refractivity contribution is 0.269. The quantitative estimate of drug-likeness (QED) is 0.737. The molecule has 1 rings (SSSR count). The Balaban J connectivity index is 2.26.